The van der Waals surface area contributed by atoms with Crippen LogP contribution in [0.4, 0.5) is 0 Å². The van der Waals surface area contributed by atoms with Crippen molar-refractivity contribution < 1.29 is 8.42 Å². The largest absolute Gasteiger partial charge is 0.317 e. The van der Waals surface area contributed by atoms with Gasteiger partial charge in [0.25, 0.3) is 0 Å². The highest BCUT2D eigenvalue weighted by Gasteiger charge is 1.88. The Labute approximate surface area is 126 Å². The van der Waals surface area contributed by atoms with Crippen molar-refractivity contribution in [3.8, 4) is 0 Å². The monoisotopic (exact) mass is 394 g/mol. The van der Waals surface area contributed by atoms with Gasteiger partial charge in [0.2, 0.25) is 0 Å². The molecule has 0 spiro atoms. The SMILES string of the molecule is CS(C)=S.CSCl.ClCCl.O=S(=O)(Cl)Cl. The van der Waals surface area contributed by atoms with E-state index in [9.17, 15) is 0 Å². The van der Waals surface area contributed by atoms with Gasteiger partial charge < -0.3 is 0 Å². The second-order valence-electron chi connectivity index (χ2n) is 1.38. The summed E-state index contributed by atoms with van der Waals surface area (Å²) in [7, 11) is 11.2. The molecule has 98 valence electrons. The fraction of sp³-hybridized carbons (Fsp3) is 1.00. The maximum absolute atomic E-state index is 9.16. The molecule has 0 aliphatic carbocycles. The van der Waals surface area contributed by atoms with Crippen LogP contribution in [0.1, 0.15) is 0 Å². The smallest absolute Gasteiger partial charge is 0.195 e. The maximum Gasteiger partial charge on any atom is 0.317 e. The number of hydrogen-bond acceptors (Lipinski definition) is 4. The summed E-state index contributed by atoms with van der Waals surface area (Å²) >= 11 is 14.2. The molecule has 0 saturated heterocycles. The highest BCUT2D eigenvalue weighted by molar-refractivity contribution is 8.31. The van der Waals surface area contributed by atoms with Crippen molar-refractivity contribution >= 4 is 95.1 Å². The summed E-state index contributed by atoms with van der Waals surface area (Å²) in [5.41, 5.74) is 0. The Hall–Kier alpha value is 2.32. The van der Waals surface area contributed by atoms with Crippen LogP contribution >= 0.6 is 66.2 Å². The minimum atomic E-state index is -3.72. The minimum absolute atomic E-state index is 0.194. The van der Waals surface area contributed by atoms with E-state index >= 15 is 0 Å². The molecule has 0 aliphatic heterocycles. The number of halogens is 5. The molecule has 0 rings (SSSR count). The Morgan fingerprint density at radius 2 is 1.27 bits per heavy atom. The molecule has 0 unspecified atom stereocenters. The molecule has 11 heteroatoms. The summed E-state index contributed by atoms with van der Waals surface area (Å²) in [4.78, 5) is 0. The zero-order valence-electron chi connectivity index (χ0n) is 8.05. The highest BCUT2D eigenvalue weighted by Crippen LogP contribution is 1.98. The highest BCUT2D eigenvalue weighted by atomic mass is 36.0. The van der Waals surface area contributed by atoms with E-state index in [0.29, 0.717) is 0 Å². The lowest BCUT2D eigenvalue weighted by atomic mass is 11.9. The molecule has 0 amide bonds. The summed E-state index contributed by atoms with van der Waals surface area (Å²) < 4.78 is 18.3. The third kappa shape index (κ3) is 622. The molecule has 0 fully saturated rings. The molecule has 0 N–H and O–H groups in total. The van der Waals surface area contributed by atoms with E-state index in [-0.39, 0.29) is 14.8 Å². The van der Waals surface area contributed by atoms with Crippen LogP contribution in [-0.4, -0.2) is 32.5 Å². The topological polar surface area (TPSA) is 34.1 Å². The standard InChI is InChI=1S/C2H6S2.CH2Cl2.CH3ClS.Cl2O2S/c1-4(2)3;2-1-3;1-3-2;1-5(2,3)4/h1-2H3;1H2;1H3;. The van der Waals surface area contributed by atoms with Crippen molar-refractivity contribution in [3.63, 3.8) is 0 Å². The summed E-state index contributed by atoms with van der Waals surface area (Å²) in [5.74, 6) is 0. The lowest BCUT2D eigenvalue weighted by Gasteiger charge is -1.66. The van der Waals surface area contributed by atoms with Crippen LogP contribution in [0.25, 0.3) is 0 Å². The first-order valence-electron chi connectivity index (χ1n) is 2.72. The van der Waals surface area contributed by atoms with E-state index in [1.54, 1.807) is 0 Å². The summed E-state index contributed by atoms with van der Waals surface area (Å²) in [6.45, 7) is 0. The molecule has 15 heavy (non-hydrogen) atoms. The quantitative estimate of drug-likeness (QED) is 0.458. The van der Waals surface area contributed by atoms with Gasteiger partial charge in [-0.05, 0) is 29.4 Å². The molecule has 0 saturated carbocycles. The summed E-state index contributed by atoms with van der Waals surface area (Å²) in [6.07, 6.45) is 5.83. The average Bonchev–Trinajstić information content (AvgIpc) is 1.82. The second kappa shape index (κ2) is 21.6. The molecule has 0 bridgehead atoms. The van der Waals surface area contributed by atoms with Crippen molar-refractivity contribution in [3.05, 3.63) is 0 Å². The van der Waals surface area contributed by atoms with Gasteiger partial charge in [0, 0.05) is 21.4 Å². The third-order valence-corrected chi connectivity index (χ3v) is 0. The van der Waals surface area contributed by atoms with E-state index in [4.69, 9.17) is 42.3 Å². The molecule has 2 nitrogen and oxygen atoms in total. The summed E-state index contributed by atoms with van der Waals surface area (Å²) in [5, 5.41) is 0.194. The molecule has 0 radical (unpaired) electrons. The van der Waals surface area contributed by atoms with E-state index < -0.39 is 8.26 Å². The zero-order valence-corrected chi connectivity index (χ0v) is 15.1. The van der Waals surface area contributed by atoms with Gasteiger partial charge >= 0.3 is 8.26 Å². The van der Waals surface area contributed by atoms with Crippen LogP contribution in [0.5, 0.6) is 0 Å². The average molecular weight is 397 g/mol. The number of rotatable bonds is 0. The summed E-state index contributed by atoms with van der Waals surface area (Å²) in [6, 6.07) is 0. The van der Waals surface area contributed by atoms with E-state index in [1.165, 1.54) is 11.0 Å². The van der Waals surface area contributed by atoms with Crippen molar-refractivity contribution in [2.24, 2.45) is 0 Å². The fourth-order valence-electron chi connectivity index (χ4n) is 0. The number of alkyl halides is 2. The van der Waals surface area contributed by atoms with Crippen LogP contribution in [0.15, 0.2) is 0 Å². The van der Waals surface area contributed by atoms with Gasteiger partial charge in [-0.25, -0.2) is 0 Å². The molecule has 0 aromatic heterocycles. The molecular weight excluding hydrogens is 386 g/mol. The Kier molecular flexibility index (Phi) is 37.4. The molecule has 0 aliphatic rings. The van der Waals surface area contributed by atoms with Crippen LogP contribution in [0.2, 0.25) is 0 Å². The van der Waals surface area contributed by atoms with Crippen molar-refractivity contribution in [1.29, 1.82) is 0 Å². The normalized spacial score (nSPS) is 8.60. The van der Waals surface area contributed by atoms with Gasteiger partial charge in [0.15, 0.2) is 0 Å². The van der Waals surface area contributed by atoms with Crippen LogP contribution in [0.3, 0.4) is 0 Å². The van der Waals surface area contributed by atoms with Crippen molar-refractivity contribution in [2.75, 3.05) is 24.1 Å². The first-order chi connectivity index (χ1) is 6.56. The first-order valence-corrected chi connectivity index (χ1v) is 11.9. The van der Waals surface area contributed by atoms with Crippen LogP contribution in [0, 0.1) is 0 Å². The lowest BCUT2D eigenvalue weighted by Crippen LogP contribution is -1.67. The predicted molar refractivity (Wildman–Crippen MR) is 83.1 cm³/mol. The first kappa shape index (κ1) is 26.0. The van der Waals surface area contributed by atoms with Crippen LogP contribution < -0.4 is 0 Å². The third-order valence-electron chi connectivity index (χ3n) is 0. The molecule has 0 aromatic carbocycles. The Bertz CT molecular complexity index is 193. The van der Waals surface area contributed by atoms with Gasteiger partial charge in [0.05, 0.1) is 5.34 Å². The van der Waals surface area contributed by atoms with Crippen LogP contribution in [-0.2, 0) is 28.9 Å². The Morgan fingerprint density at radius 1 is 1.27 bits per heavy atom. The predicted octanol–water partition coefficient (Wildman–Crippen LogP) is 3.96. The molecule has 0 aromatic rings. The van der Waals surface area contributed by atoms with Crippen molar-refractivity contribution in [1.82, 2.24) is 0 Å². The molecular formula is C4H11Cl5O2S4. The minimum Gasteiger partial charge on any atom is -0.195 e. The zero-order chi connectivity index (χ0) is 13.5. The van der Waals surface area contributed by atoms with Gasteiger partial charge in [-0.2, -0.15) is 8.42 Å². The fourth-order valence-corrected chi connectivity index (χ4v) is 0. The molecule has 0 heterocycles. The van der Waals surface area contributed by atoms with Gasteiger partial charge in [-0.1, -0.05) is 22.2 Å². The van der Waals surface area contributed by atoms with Gasteiger partial charge in [-0.15, -0.1) is 32.7 Å². The van der Waals surface area contributed by atoms with Gasteiger partial charge in [0.1, 0.15) is 0 Å². The Balaban J connectivity index is -0.0000000553. The number of hydrogen-bond donors (Lipinski definition) is 0. The van der Waals surface area contributed by atoms with Gasteiger partial charge in [-0.3, -0.25) is 0 Å². The van der Waals surface area contributed by atoms with E-state index in [2.05, 4.69) is 32.6 Å². The maximum atomic E-state index is 9.16. The van der Waals surface area contributed by atoms with E-state index in [1.807, 2.05) is 18.8 Å². The van der Waals surface area contributed by atoms with E-state index in [0.717, 1.165) is 0 Å². The lowest BCUT2D eigenvalue weighted by molar-refractivity contribution is 0.621. The van der Waals surface area contributed by atoms with Crippen molar-refractivity contribution in [2.45, 2.75) is 0 Å². The second-order valence-corrected chi connectivity index (χ2v) is 10.6. The Morgan fingerprint density at radius 3 is 1.27 bits per heavy atom. The molecule has 0 atom stereocenters.